The molecule has 2 aromatic rings. The van der Waals surface area contributed by atoms with Crippen molar-refractivity contribution < 1.29 is 14.0 Å². The van der Waals surface area contributed by atoms with Crippen molar-refractivity contribution in [3.05, 3.63) is 59.9 Å². The molecule has 0 spiro atoms. The lowest BCUT2D eigenvalue weighted by molar-refractivity contribution is -0.122. The Morgan fingerprint density at radius 2 is 1.75 bits per heavy atom. The minimum Gasteiger partial charge on any atom is -0.326 e. The van der Waals surface area contributed by atoms with Crippen molar-refractivity contribution in [3.63, 3.8) is 0 Å². The molecule has 2 aromatic carbocycles. The highest BCUT2D eigenvalue weighted by Crippen LogP contribution is 2.40. The Hall–Kier alpha value is -2.69. The Morgan fingerprint density at radius 1 is 1.04 bits per heavy atom. The lowest BCUT2D eigenvalue weighted by Crippen LogP contribution is -2.21. The van der Waals surface area contributed by atoms with Gasteiger partial charge >= 0.3 is 0 Å². The highest BCUT2D eigenvalue weighted by molar-refractivity contribution is 6.03. The molecule has 0 bridgehead atoms. The average Bonchev–Trinajstić information content (AvgIpc) is 3.36. The molecule has 1 fully saturated rings. The Kier molecular flexibility index (Phi) is 4.60. The van der Waals surface area contributed by atoms with Crippen LogP contribution in [-0.4, -0.2) is 11.8 Å². The fraction of sp³-hybridized carbons (Fsp3) is 0.263. The molecule has 2 atom stereocenters. The molecule has 124 valence electrons. The first-order valence-electron chi connectivity index (χ1n) is 8.03. The van der Waals surface area contributed by atoms with Gasteiger partial charge in [-0.25, -0.2) is 4.39 Å². The van der Waals surface area contributed by atoms with Crippen LogP contribution in [0.1, 0.15) is 18.9 Å². The molecular formula is C19H19FN2O2. The van der Waals surface area contributed by atoms with E-state index in [2.05, 4.69) is 10.6 Å². The van der Waals surface area contributed by atoms with Gasteiger partial charge < -0.3 is 10.6 Å². The summed E-state index contributed by atoms with van der Waals surface area (Å²) in [6, 6.07) is 13.4. The molecule has 4 nitrogen and oxygen atoms in total. The first kappa shape index (κ1) is 16.2. The van der Waals surface area contributed by atoms with Crippen LogP contribution in [0.15, 0.2) is 48.5 Å². The van der Waals surface area contributed by atoms with Gasteiger partial charge in [0.05, 0.1) is 11.8 Å². The molecule has 2 N–H and O–H groups in total. The second-order valence-electron chi connectivity index (χ2n) is 5.95. The monoisotopic (exact) mass is 326 g/mol. The molecule has 1 saturated carbocycles. The Morgan fingerprint density at radius 3 is 2.46 bits per heavy atom. The summed E-state index contributed by atoms with van der Waals surface area (Å²) in [5.74, 6) is -1.49. The topological polar surface area (TPSA) is 58.2 Å². The zero-order valence-electron chi connectivity index (χ0n) is 13.4. The zero-order valence-corrected chi connectivity index (χ0v) is 13.4. The van der Waals surface area contributed by atoms with Crippen LogP contribution in [0.2, 0.25) is 0 Å². The van der Waals surface area contributed by atoms with Crippen LogP contribution in [0, 0.1) is 17.7 Å². The summed E-state index contributed by atoms with van der Waals surface area (Å²) in [7, 11) is 0. The minimum absolute atomic E-state index is 0.143. The number of amides is 2. The molecule has 0 saturated heterocycles. The molecule has 1 aliphatic carbocycles. The summed E-state index contributed by atoms with van der Waals surface area (Å²) in [4.78, 5) is 24.5. The number of halogens is 1. The van der Waals surface area contributed by atoms with E-state index < -0.39 is 5.82 Å². The van der Waals surface area contributed by atoms with E-state index in [4.69, 9.17) is 0 Å². The molecule has 0 aromatic heterocycles. The van der Waals surface area contributed by atoms with Crippen molar-refractivity contribution >= 4 is 23.2 Å². The standard InChI is InChI=1S/C19H19FN2O2/c1-2-12-6-3-4-9-17(12)22-19(24)16-11-15(16)18(23)21-14-8-5-7-13(20)10-14/h3-10,15-16H,2,11H2,1H3,(H,21,23)(H,22,24). The van der Waals surface area contributed by atoms with Gasteiger partial charge in [0.15, 0.2) is 0 Å². The van der Waals surface area contributed by atoms with Gasteiger partial charge in [0, 0.05) is 11.4 Å². The molecule has 3 rings (SSSR count). The van der Waals surface area contributed by atoms with Gasteiger partial charge in [-0.1, -0.05) is 31.2 Å². The predicted octanol–water partition coefficient (Wildman–Crippen LogP) is 3.60. The molecule has 24 heavy (non-hydrogen) atoms. The van der Waals surface area contributed by atoms with E-state index in [0.29, 0.717) is 12.1 Å². The van der Waals surface area contributed by atoms with Crippen molar-refractivity contribution in [1.29, 1.82) is 0 Å². The molecular weight excluding hydrogens is 307 g/mol. The lowest BCUT2D eigenvalue weighted by Gasteiger charge is -2.09. The maximum absolute atomic E-state index is 13.1. The molecule has 1 aliphatic rings. The van der Waals surface area contributed by atoms with Gasteiger partial charge in [0.2, 0.25) is 11.8 Å². The number of anilines is 2. The van der Waals surface area contributed by atoms with E-state index in [1.165, 1.54) is 18.2 Å². The third kappa shape index (κ3) is 3.62. The van der Waals surface area contributed by atoms with Crippen LogP contribution >= 0.6 is 0 Å². The summed E-state index contributed by atoms with van der Waals surface area (Å²) in [5, 5.41) is 5.56. The molecule has 0 aliphatic heterocycles. The third-order valence-corrected chi connectivity index (χ3v) is 4.21. The second kappa shape index (κ2) is 6.83. The SMILES string of the molecule is CCc1ccccc1NC(=O)C1CC1C(=O)Nc1cccc(F)c1. The van der Waals surface area contributed by atoms with Crippen LogP contribution in [-0.2, 0) is 16.0 Å². The van der Waals surface area contributed by atoms with Gasteiger partial charge in [-0.05, 0) is 42.7 Å². The van der Waals surface area contributed by atoms with Crippen molar-refractivity contribution in [1.82, 2.24) is 0 Å². The van der Waals surface area contributed by atoms with Crippen LogP contribution in [0.5, 0.6) is 0 Å². The summed E-state index contributed by atoms with van der Waals surface area (Å²) >= 11 is 0. The highest BCUT2D eigenvalue weighted by Gasteiger charge is 2.48. The minimum atomic E-state index is -0.408. The summed E-state index contributed by atoms with van der Waals surface area (Å²) in [5.41, 5.74) is 2.26. The van der Waals surface area contributed by atoms with E-state index in [9.17, 15) is 14.0 Å². The largest absolute Gasteiger partial charge is 0.326 e. The fourth-order valence-corrected chi connectivity index (χ4v) is 2.75. The maximum Gasteiger partial charge on any atom is 0.228 e. The normalized spacial score (nSPS) is 18.8. The number of carbonyl (C=O) groups is 2. The molecule has 0 heterocycles. The molecule has 2 unspecified atom stereocenters. The van der Waals surface area contributed by atoms with Gasteiger partial charge in [-0.3, -0.25) is 9.59 Å². The first-order valence-corrected chi connectivity index (χ1v) is 8.03. The second-order valence-corrected chi connectivity index (χ2v) is 5.95. The fourth-order valence-electron chi connectivity index (χ4n) is 2.75. The summed E-state index contributed by atoms with van der Waals surface area (Å²) < 4.78 is 13.1. The van der Waals surface area contributed by atoms with E-state index in [-0.39, 0.29) is 23.7 Å². The number of benzene rings is 2. The van der Waals surface area contributed by atoms with Gasteiger partial charge in [0.1, 0.15) is 5.82 Å². The van der Waals surface area contributed by atoms with Crippen LogP contribution in [0.4, 0.5) is 15.8 Å². The van der Waals surface area contributed by atoms with Gasteiger partial charge in [0.25, 0.3) is 0 Å². The van der Waals surface area contributed by atoms with Crippen molar-refractivity contribution in [3.8, 4) is 0 Å². The van der Waals surface area contributed by atoms with Crippen molar-refractivity contribution in [2.75, 3.05) is 10.6 Å². The smallest absolute Gasteiger partial charge is 0.228 e. The number of hydrogen-bond acceptors (Lipinski definition) is 2. The predicted molar refractivity (Wildman–Crippen MR) is 91.1 cm³/mol. The van der Waals surface area contributed by atoms with E-state index >= 15 is 0 Å². The third-order valence-electron chi connectivity index (χ3n) is 4.21. The zero-order chi connectivity index (χ0) is 17.1. The van der Waals surface area contributed by atoms with E-state index in [1.807, 2.05) is 31.2 Å². The first-order chi connectivity index (χ1) is 11.6. The number of para-hydroxylation sites is 1. The Bertz CT molecular complexity index is 775. The van der Waals surface area contributed by atoms with Gasteiger partial charge in [-0.2, -0.15) is 0 Å². The summed E-state index contributed by atoms with van der Waals surface area (Å²) in [6.07, 6.45) is 1.34. The molecule has 2 amide bonds. The number of carbonyl (C=O) groups excluding carboxylic acids is 2. The Balaban J connectivity index is 1.58. The maximum atomic E-state index is 13.1. The Labute approximate surface area is 140 Å². The molecule has 5 heteroatoms. The van der Waals surface area contributed by atoms with E-state index in [0.717, 1.165) is 17.7 Å². The number of aryl methyl sites for hydroxylation is 1. The van der Waals surface area contributed by atoms with Crippen LogP contribution in [0.3, 0.4) is 0 Å². The number of hydrogen-bond donors (Lipinski definition) is 2. The average molecular weight is 326 g/mol. The lowest BCUT2D eigenvalue weighted by atomic mass is 10.1. The summed E-state index contributed by atoms with van der Waals surface area (Å²) in [6.45, 7) is 2.03. The van der Waals surface area contributed by atoms with Gasteiger partial charge in [-0.15, -0.1) is 0 Å². The number of rotatable bonds is 5. The highest BCUT2D eigenvalue weighted by atomic mass is 19.1. The number of nitrogens with one attached hydrogen (secondary N) is 2. The quantitative estimate of drug-likeness (QED) is 0.882. The van der Waals surface area contributed by atoms with Crippen molar-refractivity contribution in [2.24, 2.45) is 11.8 Å². The molecule has 0 radical (unpaired) electrons. The van der Waals surface area contributed by atoms with Crippen LogP contribution in [0.25, 0.3) is 0 Å². The van der Waals surface area contributed by atoms with Crippen LogP contribution < -0.4 is 10.6 Å². The van der Waals surface area contributed by atoms with E-state index in [1.54, 1.807) is 6.07 Å². The van der Waals surface area contributed by atoms with Crippen molar-refractivity contribution in [2.45, 2.75) is 19.8 Å².